The SMILES string of the molecule is CCOC(=O)c1cc(N)cnc1N1CCC(C(N)=O)CC1. The first-order valence-corrected chi connectivity index (χ1v) is 6.99. The Balaban J connectivity index is 2.20. The molecule has 7 heteroatoms. The van der Waals surface area contributed by atoms with Gasteiger partial charge in [0.2, 0.25) is 5.91 Å². The number of primary amides is 1. The van der Waals surface area contributed by atoms with Crippen molar-refractivity contribution in [3.63, 3.8) is 0 Å². The van der Waals surface area contributed by atoms with Crippen LogP contribution in [0.3, 0.4) is 0 Å². The number of hydrogen-bond acceptors (Lipinski definition) is 6. The van der Waals surface area contributed by atoms with E-state index in [2.05, 4.69) is 4.98 Å². The maximum absolute atomic E-state index is 12.0. The van der Waals surface area contributed by atoms with Crippen molar-refractivity contribution in [1.29, 1.82) is 0 Å². The van der Waals surface area contributed by atoms with E-state index in [-0.39, 0.29) is 18.4 Å². The monoisotopic (exact) mass is 292 g/mol. The minimum atomic E-state index is -0.440. The van der Waals surface area contributed by atoms with Gasteiger partial charge in [0, 0.05) is 19.0 Å². The Hall–Kier alpha value is -2.31. The summed E-state index contributed by atoms with van der Waals surface area (Å²) in [5.41, 5.74) is 11.8. The average Bonchev–Trinajstić information content (AvgIpc) is 2.47. The van der Waals surface area contributed by atoms with Crippen molar-refractivity contribution in [2.75, 3.05) is 30.3 Å². The van der Waals surface area contributed by atoms with E-state index >= 15 is 0 Å². The highest BCUT2D eigenvalue weighted by Crippen LogP contribution is 2.26. The zero-order valence-corrected chi connectivity index (χ0v) is 12.0. The number of piperidine rings is 1. The normalized spacial score (nSPS) is 15.8. The molecule has 2 heterocycles. The number of nitrogens with zero attached hydrogens (tertiary/aromatic N) is 2. The van der Waals surface area contributed by atoms with Gasteiger partial charge in [0.05, 0.1) is 18.5 Å². The molecule has 1 aliphatic heterocycles. The summed E-state index contributed by atoms with van der Waals surface area (Å²) in [6.07, 6.45) is 2.82. The minimum Gasteiger partial charge on any atom is -0.462 e. The van der Waals surface area contributed by atoms with Gasteiger partial charge in [-0.2, -0.15) is 0 Å². The van der Waals surface area contributed by atoms with E-state index in [0.717, 1.165) is 0 Å². The van der Waals surface area contributed by atoms with E-state index in [1.165, 1.54) is 6.20 Å². The Morgan fingerprint density at radius 1 is 1.43 bits per heavy atom. The molecule has 1 aliphatic rings. The molecule has 0 bridgehead atoms. The second kappa shape index (κ2) is 6.43. The molecule has 0 aromatic carbocycles. The van der Waals surface area contributed by atoms with Crippen LogP contribution in [-0.2, 0) is 9.53 Å². The predicted molar refractivity (Wildman–Crippen MR) is 78.7 cm³/mol. The van der Waals surface area contributed by atoms with E-state index in [4.69, 9.17) is 16.2 Å². The van der Waals surface area contributed by atoms with Crippen LogP contribution in [0.15, 0.2) is 12.3 Å². The lowest BCUT2D eigenvalue weighted by atomic mass is 9.96. The summed E-state index contributed by atoms with van der Waals surface area (Å²) in [6, 6.07) is 1.57. The lowest BCUT2D eigenvalue weighted by Crippen LogP contribution is -2.39. The molecular formula is C14H20N4O3. The highest BCUT2D eigenvalue weighted by molar-refractivity contribution is 5.95. The molecule has 7 nitrogen and oxygen atoms in total. The molecule has 1 aromatic rings. The molecule has 2 rings (SSSR count). The van der Waals surface area contributed by atoms with Crippen LogP contribution in [0.5, 0.6) is 0 Å². The first-order chi connectivity index (χ1) is 10.0. The summed E-state index contributed by atoms with van der Waals surface area (Å²) in [5, 5.41) is 0. The van der Waals surface area contributed by atoms with Gasteiger partial charge in [-0.15, -0.1) is 0 Å². The van der Waals surface area contributed by atoms with Gasteiger partial charge in [0.25, 0.3) is 0 Å². The van der Waals surface area contributed by atoms with Gasteiger partial charge in [0.1, 0.15) is 11.4 Å². The standard InChI is InChI=1S/C14H20N4O3/c1-2-21-14(20)11-7-10(15)8-17-13(11)18-5-3-9(4-6-18)12(16)19/h7-9H,2-6,15H2,1H3,(H2,16,19). The topological polar surface area (TPSA) is 112 Å². The number of carbonyl (C=O) groups is 2. The van der Waals surface area contributed by atoms with Crippen LogP contribution in [-0.4, -0.2) is 36.6 Å². The number of rotatable bonds is 4. The lowest BCUT2D eigenvalue weighted by molar-refractivity contribution is -0.122. The van der Waals surface area contributed by atoms with E-state index in [9.17, 15) is 9.59 Å². The summed E-state index contributed by atoms with van der Waals surface area (Å²) in [6.45, 7) is 3.28. The third-order valence-electron chi connectivity index (χ3n) is 3.58. The molecule has 1 saturated heterocycles. The van der Waals surface area contributed by atoms with E-state index in [1.54, 1.807) is 13.0 Å². The first kappa shape index (κ1) is 15.1. The number of pyridine rings is 1. The zero-order chi connectivity index (χ0) is 15.4. The number of anilines is 2. The Morgan fingerprint density at radius 2 is 2.10 bits per heavy atom. The fraction of sp³-hybridized carbons (Fsp3) is 0.500. The largest absolute Gasteiger partial charge is 0.462 e. The Morgan fingerprint density at radius 3 is 2.67 bits per heavy atom. The second-order valence-electron chi connectivity index (χ2n) is 5.02. The number of esters is 1. The van der Waals surface area contributed by atoms with E-state index in [0.29, 0.717) is 43.0 Å². The molecule has 0 saturated carbocycles. The van der Waals surface area contributed by atoms with E-state index < -0.39 is 5.97 Å². The third kappa shape index (κ3) is 3.42. The predicted octanol–water partition coefficient (Wildman–Crippen LogP) is 0.542. The second-order valence-corrected chi connectivity index (χ2v) is 5.02. The van der Waals surface area contributed by atoms with Crippen molar-refractivity contribution in [2.45, 2.75) is 19.8 Å². The molecule has 0 unspecified atom stereocenters. The molecule has 0 radical (unpaired) electrons. The summed E-state index contributed by atoms with van der Waals surface area (Å²) in [7, 11) is 0. The summed E-state index contributed by atoms with van der Waals surface area (Å²) < 4.78 is 5.04. The van der Waals surface area contributed by atoms with Crippen LogP contribution in [0.4, 0.5) is 11.5 Å². The molecule has 4 N–H and O–H groups in total. The van der Waals surface area contributed by atoms with Crippen molar-refractivity contribution in [3.8, 4) is 0 Å². The minimum absolute atomic E-state index is 0.110. The molecule has 0 aliphatic carbocycles. The van der Waals surface area contributed by atoms with Crippen molar-refractivity contribution < 1.29 is 14.3 Å². The van der Waals surface area contributed by atoms with Crippen LogP contribution in [0.25, 0.3) is 0 Å². The van der Waals surface area contributed by atoms with E-state index in [1.807, 2.05) is 4.90 Å². The zero-order valence-electron chi connectivity index (χ0n) is 12.0. The maximum atomic E-state index is 12.0. The van der Waals surface area contributed by atoms with Gasteiger partial charge in [-0.3, -0.25) is 4.79 Å². The van der Waals surface area contributed by atoms with Gasteiger partial charge in [-0.1, -0.05) is 0 Å². The summed E-state index contributed by atoms with van der Waals surface area (Å²) in [5.74, 6) is -0.276. The van der Waals surface area contributed by atoms with Crippen molar-refractivity contribution >= 4 is 23.4 Å². The fourth-order valence-electron chi connectivity index (χ4n) is 2.46. The van der Waals surface area contributed by atoms with Crippen molar-refractivity contribution in [3.05, 3.63) is 17.8 Å². The van der Waals surface area contributed by atoms with Gasteiger partial charge in [-0.25, -0.2) is 9.78 Å². The quantitative estimate of drug-likeness (QED) is 0.783. The van der Waals surface area contributed by atoms with Crippen LogP contribution < -0.4 is 16.4 Å². The Labute approximate surface area is 123 Å². The number of nitrogens with two attached hydrogens (primary N) is 2. The Kier molecular flexibility index (Phi) is 4.62. The molecule has 0 spiro atoms. The number of nitrogen functional groups attached to an aromatic ring is 1. The Bertz CT molecular complexity index is 539. The van der Waals surface area contributed by atoms with Crippen LogP contribution in [0.1, 0.15) is 30.1 Å². The molecule has 1 amide bonds. The summed E-state index contributed by atoms with van der Waals surface area (Å²) in [4.78, 5) is 29.4. The third-order valence-corrected chi connectivity index (χ3v) is 3.58. The molecule has 0 atom stereocenters. The van der Waals surface area contributed by atoms with Gasteiger partial charge >= 0.3 is 5.97 Å². The van der Waals surface area contributed by atoms with Crippen molar-refractivity contribution in [1.82, 2.24) is 4.98 Å². The van der Waals surface area contributed by atoms with Crippen LogP contribution in [0.2, 0.25) is 0 Å². The van der Waals surface area contributed by atoms with Gasteiger partial charge < -0.3 is 21.1 Å². The number of ether oxygens (including phenoxy) is 1. The lowest BCUT2D eigenvalue weighted by Gasteiger charge is -2.32. The molecule has 1 aromatic heterocycles. The highest BCUT2D eigenvalue weighted by atomic mass is 16.5. The smallest absolute Gasteiger partial charge is 0.341 e. The molecule has 1 fully saturated rings. The fourth-order valence-corrected chi connectivity index (χ4v) is 2.46. The van der Waals surface area contributed by atoms with Gasteiger partial charge in [-0.05, 0) is 25.8 Å². The number of aromatic nitrogens is 1. The number of carbonyl (C=O) groups excluding carboxylic acids is 2. The van der Waals surface area contributed by atoms with Crippen molar-refractivity contribution in [2.24, 2.45) is 11.7 Å². The van der Waals surface area contributed by atoms with Crippen LogP contribution in [0, 0.1) is 5.92 Å². The average molecular weight is 292 g/mol. The van der Waals surface area contributed by atoms with Crippen LogP contribution >= 0.6 is 0 Å². The molecule has 21 heavy (non-hydrogen) atoms. The number of hydrogen-bond donors (Lipinski definition) is 2. The molecule has 114 valence electrons. The van der Waals surface area contributed by atoms with Gasteiger partial charge in [0.15, 0.2) is 0 Å². The first-order valence-electron chi connectivity index (χ1n) is 6.99. The maximum Gasteiger partial charge on any atom is 0.341 e. The summed E-state index contributed by atoms with van der Waals surface area (Å²) >= 11 is 0. The highest BCUT2D eigenvalue weighted by Gasteiger charge is 2.27. The molecular weight excluding hydrogens is 272 g/mol. The number of amides is 1.